The first-order chi connectivity index (χ1) is 8.22. The van der Waals surface area contributed by atoms with E-state index in [1.54, 1.807) is 0 Å². The summed E-state index contributed by atoms with van der Waals surface area (Å²) in [5, 5.41) is 2.92. The number of hydrogen-bond acceptors (Lipinski definition) is 4. The third-order valence-corrected chi connectivity index (χ3v) is 3.30. The van der Waals surface area contributed by atoms with Gasteiger partial charge in [0.15, 0.2) is 6.04 Å². The number of amides is 2. The average Bonchev–Trinajstić information content (AvgIpc) is 2.32. The van der Waals surface area contributed by atoms with Crippen LogP contribution in [0.15, 0.2) is 0 Å². The van der Waals surface area contributed by atoms with Crippen LogP contribution in [0, 0.1) is 0 Å². The van der Waals surface area contributed by atoms with Crippen molar-refractivity contribution in [1.82, 2.24) is 10.2 Å². The molecule has 0 aromatic carbocycles. The number of morpholine rings is 1. The number of methoxy groups -OCH3 is 1. The third kappa shape index (κ3) is 2.69. The maximum absolute atomic E-state index is 12.0. The van der Waals surface area contributed by atoms with Crippen LogP contribution in [0.1, 0.15) is 19.3 Å². The standard InChI is InChI=1S/C11H18N2O4/c1-16-10(14)9-7-17-6-5-13(9)11(15)12-8-3-2-4-8/h8-9H,2-7H2,1H3,(H,12,15). The Kier molecular flexibility index (Phi) is 3.83. The van der Waals surface area contributed by atoms with Gasteiger partial charge in [-0.3, -0.25) is 0 Å². The molecule has 2 rings (SSSR count). The molecule has 1 heterocycles. The van der Waals surface area contributed by atoms with Crippen molar-refractivity contribution in [2.24, 2.45) is 0 Å². The molecule has 6 heteroatoms. The highest BCUT2D eigenvalue weighted by Gasteiger charge is 2.34. The Morgan fingerprint density at radius 2 is 2.18 bits per heavy atom. The Bertz CT molecular complexity index is 304. The molecular formula is C11H18N2O4. The predicted molar refractivity (Wildman–Crippen MR) is 59.5 cm³/mol. The van der Waals surface area contributed by atoms with Gasteiger partial charge in [0.05, 0.1) is 20.3 Å². The van der Waals surface area contributed by atoms with Crippen molar-refractivity contribution in [2.75, 3.05) is 26.9 Å². The molecule has 1 saturated carbocycles. The van der Waals surface area contributed by atoms with E-state index in [9.17, 15) is 9.59 Å². The molecule has 1 atom stereocenters. The Labute approximate surface area is 100 Å². The van der Waals surface area contributed by atoms with Crippen LogP contribution >= 0.6 is 0 Å². The van der Waals surface area contributed by atoms with Crippen molar-refractivity contribution in [1.29, 1.82) is 0 Å². The summed E-state index contributed by atoms with van der Waals surface area (Å²) in [5.74, 6) is -0.423. The van der Waals surface area contributed by atoms with Gasteiger partial charge < -0.3 is 19.7 Å². The second kappa shape index (κ2) is 5.35. The monoisotopic (exact) mass is 242 g/mol. The molecule has 1 unspecified atom stereocenters. The third-order valence-electron chi connectivity index (χ3n) is 3.30. The van der Waals surface area contributed by atoms with E-state index in [0.29, 0.717) is 13.2 Å². The van der Waals surface area contributed by atoms with Gasteiger partial charge >= 0.3 is 12.0 Å². The fraction of sp³-hybridized carbons (Fsp3) is 0.818. The largest absolute Gasteiger partial charge is 0.467 e. The number of carbonyl (C=O) groups excluding carboxylic acids is 2. The normalized spacial score (nSPS) is 25.0. The Balaban J connectivity index is 1.94. The zero-order chi connectivity index (χ0) is 12.3. The lowest BCUT2D eigenvalue weighted by Gasteiger charge is -2.36. The summed E-state index contributed by atoms with van der Waals surface area (Å²) in [6.45, 7) is 1.11. The summed E-state index contributed by atoms with van der Waals surface area (Å²) in [7, 11) is 1.32. The summed E-state index contributed by atoms with van der Waals surface area (Å²) >= 11 is 0. The van der Waals surface area contributed by atoms with Gasteiger partial charge in [0.1, 0.15) is 0 Å². The SMILES string of the molecule is COC(=O)C1COCCN1C(=O)NC1CCC1. The highest BCUT2D eigenvalue weighted by molar-refractivity contribution is 5.84. The molecule has 17 heavy (non-hydrogen) atoms. The zero-order valence-corrected chi connectivity index (χ0v) is 9.98. The van der Waals surface area contributed by atoms with Crippen LogP contribution in [0.2, 0.25) is 0 Å². The van der Waals surface area contributed by atoms with Crippen LogP contribution < -0.4 is 5.32 Å². The number of carbonyl (C=O) groups is 2. The lowest BCUT2D eigenvalue weighted by atomic mass is 9.93. The van der Waals surface area contributed by atoms with Crippen molar-refractivity contribution in [3.63, 3.8) is 0 Å². The molecule has 0 aromatic rings. The van der Waals surface area contributed by atoms with Crippen molar-refractivity contribution in [3.8, 4) is 0 Å². The molecule has 0 radical (unpaired) electrons. The first kappa shape index (κ1) is 12.2. The van der Waals surface area contributed by atoms with Crippen molar-refractivity contribution in [2.45, 2.75) is 31.3 Å². The molecular weight excluding hydrogens is 224 g/mol. The molecule has 2 amide bonds. The van der Waals surface area contributed by atoms with Gasteiger partial charge in [-0.25, -0.2) is 9.59 Å². The maximum Gasteiger partial charge on any atom is 0.331 e. The van der Waals surface area contributed by atoms with E-state index < -0.39 is 12.0 Å². The fourth-order valence-corrected chi connectivity index (χ4v) is 1.99. The molecule has 1 N–H and O–H groups in total. The van der Waals surface area contributed by atoms with Crippen LogP contribution in [0.4, 0.5) is 4.79 Å². The van der Waals surface area contributed by atoms with E-state index in [2.05, 4.69) is 10.1 Å². The summed E-state index contributed by atoms with van der Waals surface area (Å²) in [4.78, 5) is 25.0. The van der Waals surface area contributed by atoms with E-state index in [1.807, 2.05) is 0 Å². The van der Waals surface area contributed by atoms with Crippen LogP contribution in [0.25, 0.3) is 0 Å². The molecule has 6 nitrogen and oxygen atoms in total. The number of ether oxygens (including phenoxy) is 2. The number of rotatable bonds is 2. The Morgan fingerprint density at radius 3 is 2.76 bits per heavy atom. The summed E-state index contributed by atoms with van der Waals surface area (Å²) in [6.07, 6.45) is 3.21. The average molecular weight is 242 g/mol. The highest BCUT2D eigenvalue weighted by atomic mass is 16.5. The lowest BCUT2D eigenvalue weighted by molar-refractivity contribution is -0.151. The predicted octanol–water partition coefficient (Wildman–Crippen LogP) is 0.122. The second-order valence-electron chi connectivity index (χ2n) is 4.38. The fourth-order valence-electron chi connectivity index (χ4n) is 1.99. The van der Waals surface area contributed by atoms with Crippen molar-refractivity contribution in [3.05, 3.63) is 0 Å². The number of urea groups is 1. The molecule has 0 bridgehead atoms. The minimum atomic E-state index is -0.617. The van der Waals surface area contributed by atoms with Crippen LogP contribution in [-0.4, -0.2) is 55.9 Å². The molecule has 2 aliphatic rings. The number of hydrogen-bond donors (Lipinski definition) is 1. The van der Waals surface area contributed by atoms with Gasteiger partial charge in [-0.15, -0.1) is 0 Å². The van der Waals surface area contributed by atoms with Gasteiger partial charge in [0, 0.05) is 12.6 Å². The first-order valence-electron chi connectivity index (χ1n) is 5.95. The molecule has 0 aromatic heterocycles. The topological polar surface area (TPSA) is 67.9 Å². The second-order valence-corrected chi connectivity index (χ2v) is 4.38. The quantitative estimate of drug-likeness (QED) is 0.698. The first-order valence-corrected chi connectivity index (χ1v) is 5.95. The molecule has 96 valence electrons. The van der Waals surface area contributed by atoms with Crippen LogP contribution in [0.5, 0.6) is 0 Å². The molecule has 0 spiro atoms. The molecule has 1 aliphatic carbocycles. The van der Waals surface area contributed by atoms with Gasteiger partial charge in [0.2, 0.25) is 0 Å². The van der Waals surface area contributed by atoms with Crippen molar-refractivity contribution < 1.29 is 19.1 Å². The number of nitrogens with one attached hydrogen (secondary N) is 1. The van der Waals surface area contributed by atoms with Gasteiger partial charge in [-0.05, 0) is 19.3 Å². The molecule has 2 fully saturated rings. The summed E-state index contributed by atoms with van der Waals surface area (Å²) < 4.78 is 9.88. The van der Waals surface area contributed by atoms with E-state index in [0.717, 1.165) is 19.3 Å². The van der Waals surface area contributed by atoms with Gasteiger partial charge in [-0.1, -0.05) is 0 Å². The Morgan fingerprint density at radius 1 is 1.41 bits per heavy atom. The summed E-state index contributed by atoms with van der Waals surface area (Å²) in [5.41, 5.74) is 0. The van der Waals surface area contributed by atoms with E-state index >= 15 is 0 Å². The molecule has 1 aliphatic heterocycles. The number of nitrogens with zero attached hydrogens (tertiary/aromatic N) is 1. The smallest absolute Gasteiger partial charge is 0.331 e. The molecule has 1 saturated heterocycles. The van der Waals surface area contributed by atoms with Gasteiger partial charge in [-0.2, -0.15) is 0 Å². The Hall–Kier alpha value is -1.30. The van der Waals surface area contributed by atoms with E-state index in [4.69, 9.17) is 4.74 Å². The van der Waals surface area contributed by atoms with E-state index in [-0.39, 0.29) is 18.7 Å². The maximum atomic E-state index is 12.0. The van der Waals surface area contributed by atoms with E-state index in [1.165, 1.54) is 12.0 Å². The van der Waals surface area contributed by atoms with Crippen molar-refractivity contribution >= 4 is 12.0 Å². The number of esters is 1. The zero-order valence-electron chi connectivity index (χ0n) is 9.98. The lowest BCUT2D eigenvalue weighted by Crippen LogP contribution is -2.58. The van der Waals surface area contributed by atoms with Crippen LogP contribution in [-0.2, 0) is 14.3 Å². The minimum Gasteiger partial charge on any atom is -0.467 e. The highest BCUT2D eigenvalue weighted by Crippen LogP contribution is 2.19. The van der Waals surface area contributed by atoms with Gasteiger partial charge in [0.25, 0.3) is 0 Å². The van der Waals surface area contributed by atoms with Crippen LogP contribution in [0.3, 0.4) is 0 Å². The summed E-state index contributed by atoms with van der Waals surface area (Å²) in [6, 6.07) is -0.536. The minimum absolute atomic E-state index is 0.187.